The molecule has 0 spiro atoms. The fourth-order valence-electron chi connectivity index (χ4n) is 1.95. The summed E-state index contributed by atoms with van der Waals surface area (Å²) in [6.07, 6.45) is 4.79. The van der Waals surface area contributed by atoms with Crippen LogP contribution in [0.1, 0.15) is 52.9 Å². The highest BCUT2D eigenvalue weighted by atomic mass is 16.6. The van der Waals surface area contributed by atoms with Gasteiger partial charge in [0.15, 0.2) is 0 Å². The minimum Gasteiger partial charge on any atom is -0.444 e. The summed E-state index contributed by atoms with van der Waals surface area (Å²) in [5.74, 6) is 0. The second-order valence-electron chi connectivity index (χ2n) is 5.61. The lowest BCUT2D eigenvalue weighted by Crippen LogP contribution is -2.39. The number of nitrogens with one attached hydrogen (secondary N) is 1. The molecule has 0 aliphatic heterocycles. The first-order valence-corrected chi connectivity index (χ1v) is 6.12. The van der Waals surface area contributed by atoms with E-state index in [1.807, 2.05) is 20.8 Å². The van der Waals surface area contributed by atoms with Crippen LogP contribution < -0.4 is 11.1 Å². The summed E-state index contributed by atoms with van der Waals surface area (Å²) < 4.78 is 5.23. The van der Waals surface area contributed by atoms with Crippen LogP contribution in [0.25, 0.3) is 0 Å². The summed E-state index contributed by atoms with van der Waals surface area (Å²) in [4.78, 5) is 11.6. The molecular weight excluding hydrogens is 204 g/mol. The third-order valence-electron chi connectivity index (χ3n) is 2.73. The largest absolute Gasteiger partial charge is 0.444 e. The number of amides is 1. The first kappa shape index (κ1) is 13.3. The second kappa shape index (κ2) is 5.53. The molecule has 0 bridgehead atoms. The Morgan fingerprint density at radius 2 is 1.94 bits per heavy atom. The zero-order chi connectivity index (χ0) is 12.2. The lowest BCUT2D eigenvalue weighted by molar-refractivity contribution is 0.0499. The molecule has 0 aromatic heterocycles. The standard InChI is InChI=1S/C12H24N2O2/c1-12(2,3)16-11(15)14-10-6-4-5-9(13)7-8-10/h9-10H,4-8,13H2,1-3H3,(H,14,15)/t9-,10+/m0/s1. The number of carbonyl (C=O) groups excluding carboxylic acids is 1. The molecule has 16 heavy (non-hydrogen) atoms. The van der Waals surface area contributed by atoms with Crippen molar-refractivity contribution in [2.24, 2.45) is 5.73 Å². The highest BCUT2D eigenvalue weighted by Crippen LogP contribution is 2.17. The summed E-state index contributed by atoms with van der Waals surface area (Å²) in [7, 11) is 0. The smallest absolute Gasteiger partial charge is 0.407 e. The molecule has 0 aromatic carbocycles. The van der Waals surface area contributed by atoms with Crippen LogP contribution in [0.2, 0.25) is 0 Å². The molecule has 0 aromatic rings. The van der Waals surface area contributed by atoms with Gasteiger partial charge in [0.05, 0.1) is 0 Å². The number of hydrogen-bond donors (Lipinski definition) is 2. The van der Waals surface area contributed by atoms with Crippen molar-refractivity contribution in [2.45, 2.75) is 70.6 Å². The van der Waals surface area contributed by atoms with Gasteiger partial charge in [-0.15, -0.1) is 0 Å². The fourth-order valence-corrected chi connectivity index (χ4v) is 1.95. The van der Waals surface area contributed by atoms with Gasteiger partial charge in [0.2, 0.25) is 0 Å². The van der Waals surface area contributed by atoms with E-state index in [9.17, 15) is 4.79 Å². The maximum absolute atomic E-state index is 11.6. The molecule has 0 radical (unpaired) electrons. The number of carbonyl (C=O) groups is 1. The third-order valence-corrected chi connectivity index (χ3v) is 2.73. The molecule has 1 rings (SSSR count). The van der Waals surface area contributed by atoms with E-state index in [2.05, 4.69) is 5.32 Å². The van der Waals surface area contributed by atoms with Crippen molar-refractivity contribution >= 4 is 6.09 Å². The first-order chi connectivity index (χ1) is 7.37. The maximum Gasteiger partial charge on any atom is 0.407 e. The third kappa shape index (κ3) is 5.35. The number of alkyl carbamates (subject to hydrolysis) is 1. The van der Waals surface area contributed by atoms with Gasteiger partial charge < -0.3 is 15.8 Å². The van der Waals surface area contributed by atoms with Gasteiger partial charge in [0, 0.05) is 12.1 Å². The molecule has 2 atom stereocenters. The van der Waals surface area contributed by atoms with Crippen molar-refractivity contribution in [3.05, 3.63) is 0 Å². The first-order valence-electron chi connectivity index (χ1n) is 6.12. The van der Waals surface area contributed by atoms with Crippen molar-refractivity contribution in [3.8, 4) is 0 Å². The predicted octanol–water partition coefficient (Wildman–Crippen LogP) is 2.17. The Balaban J connectivity index is 2.33. The molecule has 0 saturated heterocycles. The number of ether oxygens (including phenoxy) is 1. The van der Waals surface area contributed by atoms with Crippen LogP contribution in [0.5, 0.6) is 0 Å². The van der Waals surface area contributed by atoms with Crippen LogP contribution in [0.15, 0.2) is 0 Å². The Morgan fingerprint density at radius 1 is 1.25 bits per heavy atom. The highest BCUT2D eigenvalue weighted by molar-refractivity contribution is 5.68. The van der Waals surface area contributed by atoms with Crippen molar-refractivity contribution in [3.63, 3.8) is 0 Å². The number of rotatable bonds is 1. The van der Waals surface area contributed by atoms with Crippen molar-refractivity contribution < 1.29 is 9.53 Å². The molecular formula is C12H24N2O2. The Labute approximate surface area is 97.9 Å². The van der Waals surface area contributed by atoms with E-state index in [4.69, 9.17) is 10.5 Å². The van der Waals surface area contributed by atoms with Gasteiger partial charge in [0.1, 0.15) is 5.60 Å². The van der Waals surface area contributed by atoms with Crippen molar-refractivity contribution in [1.29, 1.82) is 0 Å². The van der Waals surface area contributed by atoms with Gasteiger partial charge in [-0.1, -0.05) is 0 Å². The van der Waals surface area contributed by atoms with Crippen molar-refractivity contribution in [2.75, 3.05) is 0 Å². The maximum atomic E-state index is 11.6. The average molecular weight is 228 g/mol. The molecule has 0 unspecified atom stereocenters. The molecule has 4 nitrogen and oxygen atoms in total. The van der Waals surface area contributed by atoms with Crippen LogP contribution in [0.4, 0.5) is 4.79 Å². The lowest BCUT2D eigenvalue weighted by atomic mass is 10.1. The second-order valence-corrected chi connectivity index (χ2v) is 5.61. The topological polar surface area (TPSA) is 64.3 Å². The van der Waals surface area contributed by atoms with Crippen LogP contribution in [0.3, 0.4) is 0 Å². The zero-order valence-corrected chi connectivity index (χ0v) is 10.6. The van der Waals surface area contributed by atoms with Gasteiger partial charge in [-0.3, -0.25) is 0 Å². The molecule has 0 heterocycles. The van der Waals surface area contributed by atoms with Gasteiger partial charge in [-0.2, -0.15) is 0 Å². The molecule has 1 amide bonds. The summed E-state index contributed by atoms with van der Waals surface area (Å²) in [5, 5.41) is 2.92. The van der Waals surface area contributed by atoms with Gasteiger partial charge >= 0.3 is 6.09 Å². The van der Waals surface area contributed by atoms with Gasteiger partial charge in [-0.25, -0.2) is 4.79 Å². The molecule has 1 saturated carbocycles. The van der Waals surface area contributed by atoms with Gasteiger partial charge in [-0.05, 0) is 52.9 Å². The summed E-state index contributed by atoms with van der Waals surface area (Å²) in [5.41, 5.74) is 5.46. The minimum absolute atomic E-state index is 0.225. The minimum atomic E-state index is -0.425. The fraction of sp³-hybridized carbons (Fsp3) is 0.917. The zero-order valence-electron chi connectivity index (χ0n) is 10.6. The monoisotopic (exact) mass is 228 g/mol. The van der Waals surface area contributed by atoms with E-state index < -0.39 is 5.60 Å². The number of nitrogens with two attached hydrogens (primary N) is 1. The normalized spacial score (nSPS) is 27.0. The van der Waals surface area contributed by atoms with Crippen LogP contribution >= 0.6 is 0 Å². The molecule has 3 N–H and O–H groups in total. The molecule has 1 aliphatic carbocycles. The molecule has 4 heteroatoms. The molecule has 94 valence electrons. The molecule has 1 aliphatic rings. The lowest BCUT2D eigenvalue weighted by Gasteiger charge is -2.22. The van der Waals surface area contributed by atoms with E-state index in [0.717, 1.165) is 32.1 Å². The summed E-state index contributed by atoms with van der Waals surface area (Å²) >= 11 is 0. The molecule has 1 fully saturated rings. The van der Waals surface area contributed by atoms with Crippen LogP contribution in [-0.4, -0.2) is 23.8 Å². The summed E-state index contributed by atoms with van der Waals surface area (Å²) in [6, 6.07) is 0.522. The highest BCUT2D eigenvalue weighted by Gasteiger charge is 2.21. The van der Waals surface area contributed by atoms with E-state index in [1.54, 1.807) is 0 Å². The van der Waals surface area contributed by atoms with E-state index in [-0.39, 0.29) is 12.1 Å². The SMILES string of the molecule is CC(C)(C)OC(=O)N[C@@H]1CCC[C@H](N)CC1. The van der Waals surface area contributed by atoms with E-state index in [1.165, 1.54) is 0 Å². The van der Waals surface area contributed by atoms with E-state index in [0.29, 0.717) is 6.04 Å². The average Bonchev–Trinajstić information content (AvgIpc) is 2.27. The Morgan fingerprint density at radius 3 is 2.56 bits per heavy atom. The van der Waals surface area contributed by atoms with E-state index >= 15 is 0 Å². The van der Waals surface area contributed by atoms with Crippen LogP contribution in [0, 0.1) is 0 Å². The predicted molar refractivity (Wildman–Crippen MR) is 64.2 cm³/mol. The quantitative estimate of drug-likeness (QED) is 0.676. The van der Waals surface area contributed by atoms with Gasteiger partial charge in [0.25, 0.3) is 0 Å². The Bertz CT molecular complexity index is 236. The summed E-state index contributed by atoms with van der Waals surface area (Å²) in [6.45, 7) is 5.61. The number of hydrogen-bond acceptors (Lipinski definition) is 3. The Kier molecular flexibility index (Phi) is 4.59. The van der Waals surface area contributed by atoms with Crippen LogP contribution in [-0.2, 0) is 4.74 Å². The van der Waals surface area contributed by atoms with Crippen molar-refractivity contribution in [1.82, 2.24) is 5.32 Å². The Hall–Kier alpha value is -0.770.